The molecule has 0 saturated carbocycles. The van der Waals surface area contributed by atoms with Crippen molar-refractivity contribution in [2.24, 2.45) is 0 Å². The molecule has 2 saturated heterocycles. The molecule has 2 aliphatic heterocycles. The molecule has 0 atom stereocenters. The van der Waals surface area contributed by atoms with Crippen LogP contribution in [0, 0.1) is 10.1 Å². The number of hydrogen-bond donors (Lipinski definition) is 2. The number of anilines is 2. The minimum atomic E-state index is -4.52. The van der Waals surface area contributed by atoms with Gasteiger partial charge in [0.1, 0.15) is 17.2 Å². The molecule has 13 nitrogen and oxygen atoms in total. The second kappa shape index (κ2) is 18.4. The highest BCUT2D eigenvalue weighted by Gasteiger charge is 2.27. The number of rotatable bonds is 14. The van der Waals surface area contributed by atoms with Gasteiger partial charge in [-0.1, -0.05) is 66.2 Å². The SMILES string of the molecule is CN1CCN(CCNc2ccc(S(=O)(=O)NC(=O)c3ccc(N4CCN(Cc5cc(Cl)ccc5-c5ccccc5)CC4)cc3Oc3ccccc3)cc2[N+](=O)[O-])CC1. The van der Waals surface area contributed by atoms with Crippen molar-refractivity contribution in [2.45, 2.75) is 11.4 Å². The van der Waals surface area contributed by atoms with E-state index >= 15 is 0 Å². The van der Waals surface area contributed by atoms with E-state index in [1.807, 2.05) is 36.4 Å². The van der Waals surface area contributed by atoms with Gasteiger partial charge in [-0.2, -0.15) is 0 Å². The number of nitrogens with one attached hydrogen (secondary N) is 2. The van der Waals surface area contributed by atoms with Gasteiger partial charge in [-0.15, -0.1) is 0 Å². The number of halogens is 1. The molecule has 5 aromatic rings. The van der Waals surface area contributed by atoms with Crippen LogP contribution in [0.4, 0.5) is 17.1 Å². The van der Waals surface area contributed by atoms with Crippen LogP contribution in [0.15, 0.2) is 120 Å². The third-order valence-electron chi connectivity index (χ3n) is 10.5. The molecule has 7 rings (SSSR count). The van der Waals surface area contributed by atoms with Crippen LogP contribution in [0.2, 0.25) is 5.02 Å². The minimum Gasteiger partial charge on any atom is -0.456 e. The van der Waals surface area contributed by atoms with Crippen molar-refractivity contribution in [3.05, 3.63) is 142 Å². The number of nitro groups is 1. The van der Waals surface area contributed by atoms with Gasteiger partial charge in [0, 0.05) is 94.8 Å². The van der Waals surface area contributed by atoms with E-state index in [-0.39, 0.29) is 17.0 Å². The Kier molecular flexibility index (Phi) is 12.9. The van der Waals surface area contributed by atoms with Gasteiger partial charge in [0.2, 0.25) is 0 Å². The first-order chi connectivity index (χ1) is 28.0. The number of ether oxygens (including phenoxy) is 1. The standard InChI is InChI=1S/C43H46ClN7O6S/c1-47-20-22-48(23-21-47)19-18-45-40-17-14-37(30-41(40)51(53)54)58(55,56)46-43(52)39-16-13-35(29-42(39)57-36-10-6-3-7-11-36)50-26-24-49(25-27-50)31-33-28-34(44)12-15-38(33)32-8-4-2-5-9-32/h2-17,28-30,45H,18-27,31H2,1H3,(H,46,52). The fraction of sp³-hybridized carbons (Fsp3) is 0.279. The predicted molar refractivity (Wildman–Crippen MR) is 228 cm³/mol. The highest BCUT2D eigenvalue weighted by Crippen LogP contribution is 2.33. The number of amides is 1. The number of carbonyl (C=O) groups is 1. The van der Waals surface area contributed by atoms with Crippen LogP contribution in [0.1, 0.15) is 15.9 Å². The van der Waals surface area contributed by atoms with E-state index in [4.69, 9.17) is 16.3 Å². The van der Waals surface area contributed by atoms with Gasteiger partial charge in [0.15, 0.2) is 0 Å². The second-order valence-corrected chi connectivity index (χ2v) is 16.6. The van der Waals surface area contributed by atoms with Gasteiger partial charge < -0.3 is 19.9 Å². The molecule has 2 fully saturated rings. The van der Waals surface area contributed by atoms with Crippen molar-refractivity contribution in [1.29, 1.82) is 0 Å². The minimum absolute atomic E-state index is 0.0131. The van der Waals surface area contributed by atoms with E-state index < -0.39 is 31.4 Å². The molecule has 0 radical (unpaired) electrons. The summed E-state index contributed by atoms with van der Waals surface area (Å²) in [6.07, 6.45) is 0. The molecule has 0 unspecified atom stereocenters. The maximum absolute atomic E-state index is 13.7. The zero-order valence-corrected chi connectivity index (χ0v) is 33.8. The van der Waals surface area contributed by atoms with E-state index in [9.17, 15) is 23.3 Å². The van der Waals surface area contributed by atoms with Crippen molar-refractivity contribution in [1.82, 2.24) is 19.4 Å². The summed E-state index contributed by atoms with van der Waals surface area (Å²) in [4.78, 5) is 33.8. The van der Waals surface area contributed by atoms with Crippen molar-refractivity contribution in [3.63, 3.8) is 0 Å². The van der Waals surface area contributed by atoms with Gasteiger partial charge in [-0.05, 0) is 72.3 Å². The number of benzene rings is 5. The largest absolute Gasteiger partial charge is 0.456 e. The monoisotopic (exact) mass is 823 g/mol. The lowest BCUT2D eigenvalue weighted by atomic mass is 9.99. The van der Waals surface area contributed by atoms with Gasteiger partial charge in [0.05, 0.1) is 15.4 Å². The summed E-state index contributed by atoms with van der Waals surface area (Å²) in [7, 11) is -2.45. The van der Waals surface area contributed by atoms with Crippen LogP contribution < -0.4 is 19.7 Å². The first-order valence-electron chi connectivity index (χ1n) is 19.2. The van der Waals surface area contributed by atoms with Crippen LogP contribution >= 0.6 is 11.6 Å². The van der Waals surface area contributed by atoms with Crippen LogP contribution in [0.3, 0.4) is 0 Å². The first-order valence-corrected chi connectivity index (χ1v) is 21.1. The number of carbonyl (C=O) groups excluding carboxylic acids is 1. The third-order valence-corrected chi connectivity index (χ3v) is 12.1. The Morgan fingerprint density at radius 2 is 1.50 bits per heavy atom. The van der Waals surface area contributed by atoms with E-state index in [2.05, 4.69) is 54.9 Å². The highest BCUT2D eigenvalue weighted by molar-refractivity contribution is 7.90. The molecule has 0 bridgehead atoms. The maximum Gasteiger partial charge on any atom is 0.293 e. The predicted octanol–water partition coefficient (Wildman–Crippen LogP) is 6.81. The van der Waals surface area contributed by atoms with E-state index in [1.165, 1.54) is 12.1 Å². The van der Waals surface area contributed by atoms with Crippen LogP contribution in [-0.2, 0) is 16.6 Å². The number of piperazine rings is 2. The number of sulfonamides is 1. The number of para-hydroxylation sites is 1. The Balaban J connectivity index is 1.04. The average Bonchev–Trinajstić information content (AvgIpc) is 3.22. The zero-order valence-electron chi connectivity index (χ0n) is 32.2. The summed E-state index contributed by atoms with van der Waals surface area (Å²) in [6.45, 7) is 8.50. The number of likely N-dealkylation sites (N-methyl/N-ethyl adjacent to an activating group) is 1. The highest BCUT2D eigenvalue weighted by atomic mass is 35.5. The summed E-state index contributed by atoms with van der Waals surface area (Å²) in [5.74, 6) is -0.310. The Hall–Kier alpha value is -5.51. The van der Waals surface area contributed by atoms with Crippen LogP contribution in [-0.4, -0.2) is 106 Å². The Morgan fingerprint density at radius 3 is 2.21 bits per heavy atom. The number of hydrogen-bond acceptors (Lipinski definition) is 11. The van der Waals surface area contributed by atoms with Crippen LogP contribution in [0.25, 0.3) is 11.1 Å². The zero-order chi connectivity index (χ0) is 40.6. The lowest BCUT2D eigenvalue weighted by Gasteiger charge is -2.36. The molecular weight excluding hydrogens is 778 g/mol. The summed E-state index contributed by atoms with van der Waals surface area (Å²) in [5.41, 5.74) is 4.01. The summed E-state index contributed by atoms with van der Waals surface area (Å²) in [5, 5.41) is 15.8. The molecule has 0 aliphatic carbocycles. The van der Waals surface area contributed by atoms with Crippen molar-refractivity contribution in [3.8, 4) is 22.6 Å². The van der Waals surface area contributed by atoms with Gasteiger partial charge >= 0.3 is 0 Å². The smallest absolute Gasteiger partial charge is 0.293 e. The fourth-order valence-electron chi connectivity index (χ4n) is 7.23. The molecule has 302 valence electrons. The second-order valence-electron chi connectivity index (χ2n) is 14.5. The molecule has 0 aromatic heterocycles. The summed E-state index contributed by atoms with van der Waals surface area (Å²) in [6, 6.07) is 33.8. The Labute approximate surface area is 344 Å². The molecule has 1 amide bonds. The quantitative estimate of drug-likeness (QED) is 0.0902. The molecular formula is C43H46ClN7O6S. The van der Waals surface area contributed by atoms with Crippen LogP contribution in [0.5, 0.6) is 11.5 Å². The lowest BCUT2D eigenvalue weighted by Crippen LogP contribution is -2.46. The van der Waals surface area contributed by atoms with Crippen molar-refractivity contribution in [2.75, 3.05) is 82.7 Å². The molecule has 5 aromatic carbocycles. The number of nitrogens with zero attached hydrogens (tertiary/aromatic N) is 5. The van der Waals surface area contributed by atoms with Gasteiger partial charge in [-0.25, -0.2) is 13.1 Å². The Bertz CT molecular complexity index is 2340. The van der Waals surface area contributed by atoms with Crippen molar-refractivity contribution >= 4 is 44.6 Å². The third kappa shape index (κ3) is 10.1. The van der Waals surface area contributed by atoms with E-state index in [1.54, 1.807) is 42.5 Å². The number of nitro benzene ring substituents is 1. The molecule has 2 aliphatic rings. The fourth-order valence-corrected chi connectivity index (χ4v) is 8.41. The lowest BCUT2D eigenvalue weighted by molar-refractivity contribution is -0.384. The normalized spacial score (nSPS) is 15.5. The molecule has 2 N–H and O–H groups in total. The van der Waals surface area contributed by atoms with Gasteiger partial charge in [0.25, 0.3) is 21.6 Å². The summed E-state index contributed by atoms with van der Waals surface area (Å²) >= 11 is 6.43. The topological polar surface area (TPSA) is 141 Å². The van der Waals surface area contributed by atoms with E-state index in [0.29, 0.717) is 37.0 Å². The average molecular weight is 824 g/mol. The molecule has 58 heavy (non-hydrogen) atoms. The van der Waals surface area contributed by atoms with Gasteiger partial charge in [-0.3, -0.25) is 24.7 Å². The molecule has 15 heteroatoms. The molecule has 2 heterocycles. The summed E-state index contributed by atoms with van der Waals surface area (Å²) < 4.78 is 35.4. The Morgan fingerprint density at radius 1 is 0.810 bits per heavy atom. The maximum atomic E-state index is 13.7. The van der Waals surface area contributed by atoms with Crippen molar-refractivity contribution < 1.29 is 22.9 Å². The first kappa shape index (κ1) is 40.7. The van der Waals surface area contributed by atoms with E-state index in [0.717, 1.165) is 74.3 Å². The molecule has 0 spiro atoms.